The van der Waals surface area contributed by atoms with Gasteiger partial charge in [0.05, 0.1) is 18.2 Å². The van der Waals surface area contributed by atoms with Gasteiger partial charge in [-0.3, -0.25) is 10.2 Å². The van der Waals surface area contributed by atoms with E-state index in [-0.39, 0.29) is 5.91 Å². The molecule has 32 heavy (non-hydrogen) atoms. The zero-order chi connectivity index (χ0) is 22.3. The molecular weight excluding hydrogens is 426 g/mol. The maximum atomic E-state index is 12.8. The highest BCUT2D eigenvalue weighted by atomic mass is 35.5. The number of amidine groups is 1. The number of carbonyl (C=O) groups excluding carboxylic acids is 1. The number of amides is 1. The van der Waals surface area contributed by atoms with Crippen LogP contribution in [0.2, 0.25) is 5.02 Å². The average Bonchev–Trinajstić information content (AvgIpc) is 2.85. The van der Waals surface area contributed by atoms with E-state index in [4.69, 9.17) is 21.7 Å². The van der Waals surface area contributed by atoms with Crippen LogP contribution in [-0.4, -0.2) is 47.9 Å². The monoisotopic (exact) mass is 449 g/mol. The Morgan fingerprint density at radius 1 is 1.06 bits per heavy atom. The number of hydrogen-bond acceptors (Lipinski definition) is 5. The Kier molecular flexibility index (Phi) is 6.99. The van der Waals surface area contributed by atoms with E-state index in [9.17, 15) is 4.79 Å². The fraction of sp³-hybridized carbons (Fsp3) is 0.208. The van der Waals surface area contributed by atoms with Gasteiger partial charge in [-0.1, -0.05) is 29.8 Å². The molecule has 3 aromatic rings. The van der Waals surface area contributed by atoms with Crippen LogP contribution in [0.1, 0.15) is 21.5 Å². The number of hydrogen-bond donors (Lipinski definition) is 3. The van der Waals surface area contributed by atoms with E-state index in [2.05, 4.69) is 15.6 Å². The number of benzene rings is 2. The van der Waals surface area contributed by atoms with Crippen molar-refractivity contribution in [3.8, 4) is 0 Å². The summed E-state index contributed by atoms with van der Waals surface area (Å²) < 4.78 is 5.36. The molecule has 1 saturated heterocycles. The molecule has 1 amide bonds. The highest BCUT2D eigenvalue weighted by Crippen LogP contribution is 2.17. The first kappa shape index (κ1) is 21.8. The highest BCUT2D eigenvalue weighted by Gasteiger charge is 2.15. The summed E-state index contributed by atoms with van der Waals surface area (Å²) in [5, 5.41) is 15.1. The molecule has 1 fully saturated rings. The summed E-state index contributed by atoms with van der Waals surface area (Å²) in [5.41, 5.74) is 3.22. The molecule has 164 valence electrons. The summed E-state index contributed by atoms with van der Waals surface area (Å²) in [6, 6.07) is 18.6. The highest BCUT2D eigenvalue weighted by molar-refractivity contribution is 6.30. The van der Waals surface area contributed by atoms with E-state index >= 15 is 0 Å². The number of rotatable bonds is 6. The SMILES string of the molecule is N=C(c1ccc(NCc2ccccc2C(=O)Nc2ccc(Cl)cn2)cc1)N1CCOCC1. The third-order valence-electron chi connectivity index (χ3n) is 5.20. The molecular formula is C24H24ClN5O2. The molecule has 0 aliphatic carbocycles. The Balaban J connectivity index is 1.39. The summed E-state index contributed by atoms with van der Waals surface area (Å²) in [6.45, 7) is 3.27. The normalized spacial score (nSPS) is 13.5. The third-order valence-corrected chi connectivity index (χ3v) is 5.42. The van der Waals surface area contributed by atoms with E-state index in [1.165, 1.54) is 6.20 Å². The predicted molar refractivity (Wildman–Crippen MR) is 127 cm³/mol. The van der Waals surface area contributed by atoms with Crippen LogP contribution in [0.5, 0.6) is 0 Å². The number of ether oxygens (including phenoxy) is 1. The van der Waals surface area contributed by atoms with Crippen LogP contribution >= 0.6 is 11.6 Å². The van der Waals surface area contributed by atoms with Gasteiger partial charge in [0.15, 0.2) is 0 Å². The Labute approximate surface area is 191 Å². The molecule has 0 saturated carbocycles. The van der Waals surface area contributed by atoms with Crippen molar-refractivity contribution in [2.45, 2.75) is 6.54 Å². The van der Waals surface area contributed by atoms with Crippen LogP contribution in [0.4, 0.5) is 11.5 Å². The Morgan fingerprint density at radius 2 is 1.81 bits per heavy atom. The van der Waals surface area contributed by atoms with Gasteiger partial charge in [0.25, 0.3) is 5.91 Å². The van der Waals surface area contributed by atoms with Gasteiger partial charge in [0.2, 0.25) is 0 Å². The first-order valence-electron chi connectivity index (χ1n) is 10.4. The minimum Gasteiger partial charge on any atom is -0.381 e. The smallest absolute Gasteiger partial charge is 0.257 e. The van der Waals surface area contributed by atoms with Crippen LogP contribution in [0.15, 0.2) is 66.9 Å². The number of anilines is 2. The quantitative estimate of drug-likeness (QED) is 0.386. The predicted octanol–water partition coefficient (Wildman–Crippen LogP) is 4.26. The summed E-state index contributed by atoms with van der Waals surface area (Å²) in [7, 11) is 0. The summed E-state index contributed by atoms with van der Waals surface area (Å²) >= 11 is 5.85. The number of nitrogens with one attached hydrogen (secondary N) is 3. The van der Waals surface area contributed by atoms with Crippen LogP contribution in [0.25, 0.3) is 0 Å². The summed E-state index contributed by atoms with van der Waals surface area (Å²) in [5.74, 6) is 0.727. The number of morpholine rings is 1. The second-order valence-electron chi connectivity index (χ2n) is 7.35. The van der Waals surface area contributed by atoms with Crippen LogP contribution in [0.3, 0.4) is 0 Å². The minimum atomic E-state index is -0.230. The zero-order valence-electron chi connectivity index (χ0n) is 17.5. The molecule has 2 aromatic carbocycles. The molecule has 8 heteroatoms. The minimum absolute atomic E-state index is 0.230. The Bertz CT molecular complexity index is 1080. The van der Waals surface area contributed by atoms with E-state index in [1.807, 2.05) is 47.4 Å². The fourth-order valence-corrected chi connectivity index (χ4v) is 3.55. The van der Waals surface area contributed by atoms with Crippen LogP contribution in [-0.2, 0) is 11.3 Å². The van der Waals surface area contributed by atoms with Crippen LogP contribution < -0.4 is 10.6 Å². The molecule has 0 unspecified atom stereocenters. The van der Waals surface area contributed by atoms with E-state index in [0.29, 0.717) is 42.0 Å². The molecule has 0 atom stereocenters. The number of pyridine rings is 1. The molecule has 4 rings (SSSR count). The Morgan fingerprint density at radius 3 is 2.53 bits per heavy atom. The lowest BCUT2D eigenvalue weighted by Gasteiger charge is -2.29. The molecule has 2 heterocycles. The summed E-state index contributed by atoms with van der Waals surface area (Å²) in [4.78, 5) is 18.9. The molecule has 1 aliphatic heterocycles. The number of carbonyl (C=O) groups is 1. The molecule has 0 bridgehead atoms. The molecule has 0 radical (unpaired) electrons. The fourth-order valence-electron chi connectivity index (χ4n) is 3.44. The number of aromatic nitrogens is 1. The van der Waals surface area contributed by atoms with Gasteiger partial charge < -0.3 is 20.3 Å². The first-order valence-corrected chi connectivity index (χ1v) is 10.7. The van der Waals surface area contributed by atoms with Gasteiger partial charge in [-0.15, -0.1) is 0 Å². The number of nitrogens with zero attached hydrogens (tertiary/aromatic N) is 2. The van der Waals surface area contributed by atoms with Crippen molar-refractivity contribution in [2.24, 2.45) is 0 Å². The van der Waals surface area contributed by atoms with Crippen molar-refractivity contribution in [3.63, 3.8) is 0 Å². The van der Waals surface area contributed by atoms with E-state index in [1.54, 1.807) is 18.2 Å². The maximum Gasteiger partial charge on any atom is 0.257 e. The third kappa shape index (κ3) is 5.43. The van der Waals surface area contributed by atoms with Gasteiger partial charge in [0, 0.05) is 42.6 Å². The van der Waals surface area contributed by atoms with Gasteiger partial charge >= 0.3 is 0 Å². The second kappa shape index (κ2) is 10.3. The zero-order valence-corrected chi connectivity index (χ0v) is 18.2. The Hall–Kier alpha value is -3.42. The van der Waals surface area contributed by atoms with Crippen molar-refractivity contribution in [2.75, 3.05) is 36.9 Å². The van der Waals surface area contributed by atoms with Crippen molar-refractivity contribution in [1.82, 2.24) is 9.88 Å². The molecule has 0 spiro atoms. The van der Waals surface area contributed by atoms with Crippen molar-refractivity contribution in [1.29, 1.82) is 5.41 Å². The van der Waals surface area contributed by atoms with E-state index in [0.717, 1.165) is 29.9 Å². The van der Waals surface area contributed by atoms with Gasteiger partial charge in [-0.2, -0.15) is 0 Å². The summed E-state index contributed by atoms with van der Waals surface area (Å²) in [6.07, 6.45) is 1.49. The standard InChI is InChI=1S/C24H24ClN5O2/c25-19-7-10-22(28-16-19)29-24(31)21-4-2-1-3-18(21)15-27-20-8-5-17(6-9-20)23(26)30-11-13-32-14-12-30/h1-10,16,26-27H,11-15H2,(H,28,29,31). The average molecular weight is 450 g/mol. The van der Waals surface area contributed by atoms with Crippen molar-refractivity contribution >= 4 is 34.8 Å². The second-order valence-corrected chi connectivity index (χ2v) is 7.79. The van der Waals surface area contributed by atoms with Gasteiger partial charge in [0.1, 0.15) is 11.7 Å². The topological polar surface area (TPSA) is 90.3 Å². The first-order chi connectivity index (χ1) is 15.6. The lowest BCUT2D eigenvalue weighted by molar-refractivity contribution is 0.0680. The molecule has 3 N–H and O–H groups in total. The number of halogens is 1. The van der Waals surface area contributed by atoms with Gasteiger partial charge in [-0.25, -0.2) is 4.98 Å². The maximum absolute atomic E-state index is 12.8. The van der Waals surface area contributed by atoms with Crippen molar-refractivity contribution < 1.29 is 9.53 Å². The molecule has 1 aliphatic rings. The van der Waals surface area contributed by atoms with Crippen LogP contribution in [0, 0.1) is 5.41 Å². The largest absolute Gasteiger partial charge is 0.381 e. The van der Waals surface area contributed by atoms with Gasteiger partial charge in [-0.05, 0) is 48.0 Å². The van der Waals surface area contributed by atoms with Crippen molar-refractivity contribution in [3.05, 3.63) is 88.6 Å². The lowest BCUT2D eigenvalue weighted by Crippen LogP contribution is -2.40. The molecule has 1 aromatic heterocycles. The lowest BCUT2D eigenvalue weighted by atomic mass is 10.1. The molecule has 7 nitrogen and oxygen atoms in total. The van der Waals surface area contributed by atoms with E-state index < -0.39 is 0 Å².